The van der Waals surface area contributed by atoms with Gasteiger partial charge in [0.25, 0.3) is 0 Å². The van der Waals surface area contributed by atoms with Crippen LogP contribution in [-0.2, 0) is 11.3 Å². The van der Waals surface area contributed by atoms with Gasteiger partial charge in [-0.05, 0) is 80.9 Å². The van der Waals surface area contributed by atoms with Gasteiger partial charge in [0.05, 0.1) is 5.69 Å². The van der Waals surface area contributed by atoms with Crippen molar-refractivity contribution in [3.05, 3.63) is 75.3 Å². The average molecular weight is 667 g/mol. The molecule has 11 heteroatoms. The van der Waals surface area contributed by atoms with Crippen LogP contribution in [0.15, 0.2) is 53.4 Å². The second-order valence-electron chi connectivity index (χ2n) is 13.7. The Morgan fingerprint density at radius 1 is 1.09 bits per heavy atom. The molecule has 246 valence electrons. The van der Waals surface area contributed by atoms with Crippen LogP contribution in [0.4, 0.5) is 15.6 Å². The third-order valence-corrected chi connectivity index (χ3v) is 9.32. The zero-order chi connectivity index (χ0) is 33.1. The fourth-order valence-electron chi connectivity index (χ4n) is 5.88. The summed E-state index contributed by atoms with van der Waals surface area (Å²) in [5.41, 5.74) is 5.48. The van der Waals surface area contributed by atoms with Crippen molar-refractivity contribution in [2.45, 2.75) is 66.1 Å². The van der Waals surface area contributed by atoms with Crippen LogP contribution < -0.4 is 15.0 Å². The van der Waals surface area contributed by atoms with Crippen LogP contribution in [0.2, 0.25) is 5.02 Å². The number of thiazole rings is 1. The number of ether oxygens (including phenoxy) is 2. The largest absolute Gasteiger partial charge is 0.486 e. The van der Waals surface area contributed by atoms with Crippen LogP contribution >= 0.6 is 22.9 Å². The van der Waals surface area contributed by atoms with Crippen molar-refractivity contribution >= 4 is 51.4 Å². The first-order chi connectivity index (χ1) is 21.7. The molecule has 0 bridgehead atoms. The number of nitrogens with zero attached hydrogens (tertiary/aromatic N) is 3. The molecule has 1 fully saturated rings. The number of allylic oxidation sites excluding steroid dienone is 1. The maximum absolute atomic E-state index is 12.1. The van der Waals surface area contributed by atoms with E-state index in [1.807, 2.05) is 18.2 Å². The van der Waals surface area contributed by atoms with Crippen LogP contribution in [0.3, 0.4) is 0 Å². The number of hydrogen-bond acceptors (Lipinski definition) is 8. The molecule has 1 amide bonds. The second-order valence-corrected chi connectivity index (χ2v) is 15.0. The number of anilines is 2. The van der Waals surface area contributed by atoms with Crippen molar-refractivity contribution in [1.29, 1.82) is 0 Å². The number of rotatable bonds is 9. The molecule has 5 rings (SSSR count). The highest BCUT2D eigenvalue weighted by atomic mass is 35.5. The monoisotopic (exact) mass is 666 g/mol. The van der Waals surface area contributed by atoms with Crippen molar-refractivity contribution in [1.82, 2.24) is 9.88 Å². The molecule has 3 aromatic rings. The first-order valence-corrected chi connectivity index (χ1v) is 16.9. The standard InChI is InChI=1S/C35H43ClN4O5S/c1-34(2,3)45-33(43)38-32-37-26(22-46-32)21-44-30-18-27(10-11-28(30)31(41)42)40-16-14-39(15-17-40)20-24-12-13-35(4,5)19-29(24)23-6-8-25(36)9-7-23/h6-11,18,22H,12-17,19-21H2,1-5H3,(H,41,42)(H,37,38,43). The summed E-state index contributed by atoms with van der Waals surface area (Å²) in [6.07, 6.45) is 2.75. The number of carboxylic acids is 1. The molecule has 1 aliphatic heterocycles. The van der Waals surface area contributed by atoms with E-state index in [-0.39, 0.29) is 23.3 Å². The van der Waals surface area contributed by atoms with Gasteiger partial charge in [-0.3, -0.25) is 10.2 Å². The summed E-state index contributed by atoms with van der Waals surface area (Å²) < 4.78 is 11.3. The lowest BCUT2D eigenvalue weighted by Crippen LogP contribution is -2.47. The maximum Gasteiger partial charge on any atom is 0.413 e. The predicted octanol–water partition coefficient (Wildman–Crippen LogP) is 8.21. The summed E-state index contributed by atoms with van der Waals surface area (Å²) >= 11 is 7.44. The number of carbonyl (C=O) groups excluding carboxylic acids is 1. The fraction of sp³-hybridized carbons (Fsp3) is 0.457. The third-order valence-electron chi connectivity index (χ3n) is 8.26. The molecule has 2 heterocycles. The van der Waals surface area contributed by atoms with Crippen LogP contribution in [0, 0.1) is 5.41 Å². The molecule has 0 radical (unpaired) electrons. The Kier molecular flexibility index (Phi) is 10.3. The Hall–Kier alpha value is -3.60. The van der Waals surface area contributed by atoms with E-state index in [0.29, 0.717) is 10.8 Å². The van der Waals surface area contributed by atoms with Gasteiger partial charge in [0.1, 0.15) is 23.5 Å². The number of hydrogen-bond donors (Lipinski definition) is 2. The lowest BCUT2D eigenvalue weighted by atomic mass is 9.72. The maximum atomic E-state index is 12.1. The quantitative estimate of drug-likeness (QED) is 0.236. The Balaban J connectivity index is 1.22. The van der Waals surface area contributed by atoms with Crippen LogP contribution in [0.1, 0.15) is 75.5 Å². The van der Waals surface area contributed by atoms with Crippen molar-refractivity contribution < 1.29 is 24.2 Å². The fourth-order valence-corrected chi connectivity index (χ4v) is 6.68. The van der Waals surface area contributed by atoms with E-state index in [9.17, 15) is 14.7 Å². The minimum Gasteiger partial charge on any atom is -0.486 e. The minimum atomic E-state index is -1.06. The van der Waals surface area contributed by atoms with E-state index in [1.165, 1.54) is 34.5 Å². The molecule has 0 unspecified atom stereocenters. The van der Waals surface area contributed by atoms with Gasteiger partial charge in [-0.1, -0.05) is 43.2 Å². The smallest absolute Gasteiger partial charge is 0.413 e. The predicted molar refractivity (Wildman–Crippen MR) is 184 cm³/mol. The molecule has 9 nitrogen and oxygen atoms in total. The Morgan fingerprint density at radius 2 is 1.80 bits per heavy atom. The van der Waals surface area contributed by atoms with Gasteiger partial charge in [-0.25, -0.2) is 14.6 Å². The van der Waals surface area contributed by atoms with E-state index in [1.54, 1.807) is 38.3 Å². The van der Waals surface area contributed by atoms with Gasteiger partial charge in [0.15, 0.2) is 5.13 Å². The number of benzene rings is 2. The Morgan fingerprint density at radius 3 is 2.48 bits per heavy atom. The first-order valence-electron chi connectivity index (χ1n) is 15.6. The summed E-state index contributed by atoms with van der Waals surface area (Å²) in [6.45, 7) is 14.5. The Bertz CT molecular complexity index is 1590. The summed E-state index contributed by atoms with van der Waals surface area (Å²) in [5, 5.41) is 15.3. The van der Waals surface area contributed by atoms with Crippen molar-refractivity contribution in [2.24, 2.45) is 5.41 Å². The number of halogens is 1. The van der Waals surface area contributed by atoms with Gasteiger partial charge in [0, 0.05) is 54.9 Å². The van der Waals surface area contributed by atoms with Gasteiger partial charge in [0.2, 0.25) is 0 Å². The molecule has 2 N–H and O–H groups in total. The average Bonchev–Trinajstić information content (AvgIpc) is 3.43. The van der Waals surface area contributed by atoms with Gasteiger partial charge in [-0.15, -0.1) is 11.3 Å². The van der Waals surface area contributed by atoms with Crippen LogP contribution in [0.25, 0.3) is 5.57 Å². The molecule has 1 aliphatic carbocycles. The van der Waals surface area contributed by atoms with E-state index in [4.69, 9.17) is 21.1 Å². The van der Waals surface area contributed by atoms with Crippen molar-refractivity contribution in [2.75, 3.05) is 42.9 Å². The number of aromatic nitrogens is 1. The number of carboxylic acid groups (broad SMARTS) is 1. The van der Waals surface area contributed by atoms with Crippen LogP contribution in [-0.4, -0.2) is 65.4 Å². The molecular formula is C35H43ClN4O5S. The molecule has 46 heavy (non-hydrogen) atoms. The highest BCUT2D eigenvalue weighted by Crippen LogP contribution is 2.43. The van der Waals surface area contributed by atoms with E-state index >= 15 is 0 Å². The topological polar surface area (TPSA) is 104 Å². The van der Waals surface area contributed by atoms with Crippen molar-refractivity contribution in [3.8, 4) is 5.75 Å². The lowest BCUT2D eigenvalue weighted by Gasteiger charge is -2.39. The molecule has 2 aromatic carbocycles. The van der Waals surface area contributed by atoms with Gasteiger partial charge < -0.3 is 19.5 Å². The normalized spacial score (nSPS) is 17.1. The van der Waals surface area contributed by atoms with E-state index in [2.05, 4.69) is 46.1 Å². The number of nitrogens with one attached hydrogen (secondary N) is 1. The number of piperazine rings is 1. The minimum absolute atomic E-state index is 0.0614. The van der Waals surface area contributed by atoms with Gasteiger partial charge in [-0.2, -0.15) is 0 Å². The SMILES string of the molecule is CC1(C)CCC(CN2CCN(c3ccc(C(=O)O)c(OCc4csc(NC(=O)OC(C)(C)C)n4)c3)CC2)=C(c2ccc(Cl)cc2)C1. The second kappa shape index (κ2) is 14.0. The summed E-state index contributed by atoms with van der Waals surface area (Å²) in [4.78, 5) is 33.2. The first kappa shape index (κ1) is 33.8. The molecule has 1 saturated heterocycles. The third kappa shape index (κ3) is 9.02. The van der Waals surface area contributed by atoms with Crippen molar-refractivity contribution in [3.63, 3.8) is 0 Å². The molecular weight excluding hydrogens is 624 g/mol. The number of carbonyl (C=O) groups is 2. The van der Waals surface area contributed by atoms with E-state index < -0.39 is 17.7 Å². The Labute approximate surface area is 280 Å². The van der Waals surface area contributed by atoms with Crippen LogP contribution in [0.5, 0.6) is 5.75 Å². The summed E-state index contributed by atoms with van der Waals surface area (Å²) in [6, 6.07) is 13.5. The molecule has 1 aromatic heterocycles. The zero-order valence-corrected chi connectivity index (χ0v) is 28.8. The molecule has 0 atom stereocenters. The molecule has 0 spiro atoms. The lowest BCUT2D eigenvalue weighted by molar-refractivity contribution is 0.0633. The highest BCUT2D eigenvalue weighted by Gasteiger charge is 2.29. The zero-order valence-electron chi connectivity index (χ0n) is 27.2. The number of aromatic carboxylic acids is 1. The van der Waals surface area contributed by atoms with E-state index in [0.717, 1.165) is 56.3 Å². The molecule has 0 saturated carbocycles. The summed E-state index contributed by atoms with van der Waals surface area (Å²) in [5.74, 6) is -0.776. The number of amides is 1. The summed E-state index contributed by atoms with van der Waals surface area (Å²) in [7, 11) is 0. The highest BCUT2D eigenvalue weighted by molar-refractivity contribution is 7.13. The van der Waals surface area contributed by atoms with Gasteiger partial charge >= 0.3 is 12.1 Å². The molecule has 2 aliphatic rings.